The normalized spacial score (nSPS) is 38.5. The van der Waals surface area contributed by atoms with Crippen LogP contribution in [-0.4, -0.2) is 51.7 Å². The van der Waals surface area contributed by atoms with E-state index in [1.807, 2.05) is 7.11 Å². The van der Waals surface area contributed by atoms with Crippen molar-refractivity contribution in [2.24, 2.45) is 0 Å². The molecule has 3 unspecified atom stereocenters. The minimum atomic E-state index is -0.115. The fourth-order valence-corrected chi connectivity index (χ4v) is 2.89. The van der Waals surface area contributed by atoms with Crippen molar-refractivity contribution in [1.29, 1.82) is 0 Å². The molecule has 1 saturated carbocycles. The van der Waals surface area contributed by atoms with Crippen molar-refractivity contribution >= 4 is 0 Å². The molecule has 2 aliphatic rings. The van der Waals surface area contributed by atoms with Crippen LogP contribution in [0.2, 0.25) is 0 Å². The molecule has 0 spiro atoms. The van der Waals surface area contributed by atoms with Crippen molar-refractivity contribution in [1.82, 2.24) is 5.32 Å². The molecule has 1 saturated heterocycles. The van der Waals surface area contributed by atoms with Crippen molar-refractivity contribution in [2.75, 3.05) is 34.0 Å². The molecule has 100 valence electrons. The lowest BCUT2D eigenvalue weighted by atomic mass is 9.91. The Kier molecular flexibility index (Phi) is 4.79. The lowest BCUT2D eigenvalue weighted by Crippen LogP contribution is -2.51. The van der Waals surface area contributed by atoms with Gasteiger partial charge >= 0.3 is 0 Å². The Morgan fingerprint density at radius 1 is 1.29 bits per heavy atom. The van der Waals surface area contributed by atoms with Gasteiger partial charge in [0.2, 0.25) is 0 Å². The van der Waals surface area contributed by atoms with Crippen LogP contribution in [0.25, 0.3) is 0 Å². The average molecular weight is 243 g/mol. The van der Waals surface area contributed by atoms with E-state index in [2.05, 4.69) is 5.32 Å². The van der Waals surface area contributed by atoms with E-state index in [0.717, 1.165) is 19.6 Å². The molecule has 0 aromatic rings. The van der Waals surface area contributed by atoms with E-state index >= 15 is 0 Å². The molecule has 1 N–H and O–H groups in total. The summed E-state index contributed by atoms with van der Waals surface area (Å²) in [6.45, 7) is 2.39. The van der Waals surface area contributed by atoms with Crippen molar-refractivity contribution < 1.29 is 14.2 Å². The summed E-state index contributed by atoms with van der Waals surface area (Å²) in [5, 5.41) is 3.63. The van der Waals surface area contributed by atoms with Gasteiger partial charge in [-0.15, -0.1) is 0 Å². The van der Waals surface area contributed by atoms with E-state index in [-0.39, 0.29) is 5.60 Å². The highest BCUT2D eigenvalue weighted by atomic mass is 16.5. The number of methoxy groups -OCH3 is 2. The van der Waals surface area contributed by atoms with Crippen LogP contribution in [0.15, 0.2) is 0 Å². The van der Waals surface area contributed by atoms with E-state index in [1.54, 1.807) is 7.11 Å². The van der Waals surface area contributed by atoms with Gasteiger partial charge in [0.25, 0.3) is 0 Å². The van der Waals surface area contributed by atoms with Gasteiger partial charge in [0.15, 0.2) is 0 Å². The maximum atomic E-state index is 5.63. The Hall–Kier alpha value is -0.160. The third-order valence-electron chi connectivity index (χ3n) is 4.19. The number of nitrogens with one attached hydrogen (secondary N) is 1. The SMILES string of the molecule is COC1CCCCC1NCC1(OC)CCOC1. The van der Waals surface area contributed by atoms with Gasteiger partial charge in [-0.1, -0.05) is 12.8 Å². The van der Waals surface area contributed by atoms with E-state index in [4.69, 9.17) is 14.2 Å². The zero-order valence-electron chi connectivity index (χ0n) is 11.0. The third-order valence-corrected chi connectivity index (χ3v) is 4.19. The molecule has 0 amide bonds. The first-order chi connectivity index (χ1) is 8.29. The molecule has 0 aromatic carbocycles. The molecule has 17 heavy (non-hydrogen) atoms. The number of hydrogen-bond donors (Lipinski definition) is 1. The third kappa shape index (κ3) is 3.19. The van der Waals surface area contributed by atoms with Crippen LogP contribution in [0.5, 0.6) is 0 Å². The van der Waals surface area contributed by atoms with Crippen LogP contribution in [-0.2, 0) is 14.2 Å². The minimum Gasteiger partial charge on any atom is -0.380 e. The van der Waals surface area contributed by atoms with Crippen molar-refractivity contribution in [2.45, 2.75) is 49.9 Å². The Morgan fingerprint density at radius 3 is 2.76 bits per heavy atom. The Bertz CT molecular complexity index is 229. The Labute approximate surface area is 104 Å². The number of rotatable bonds is 5. The Morgan fingerprint density at radius 2 is 2.12 bits per heavy atom. The summed E-state index contributed by atoms with van der Waals surface area (Å²) in [7, 11) is 3.60. The lowest BCUT2D eigenvalue weighted by Gasteiger charge is -2.34. The molecular weight excluding hydrogens is 218 g/mol. The summed E-state index contributed by atoms with van der Waals surface area (Å²) in [4.78, 5) is 0. The second-order valence-electron chi connectivity index (χ2n) is 5.24. The molecule has 4 heteroatoms. The fraction of sp³-hybridized carbons (Fsp3) is 1.00. The molecule has 4 nitrogen and oxygen atoms in total. The summed E-state index contributed by atoms with van der Waals surface area (Å²) in [5.74, 6) is 0. The van der Waals surface area contributed by atoms with Crippen LogP contribution < -0.4 is 5.32 Å². The van der Waals surface area contributed by atoms with Gasteiger partial charge in [0, 0.05) is 39.8 Å². The molecule has 0 radical (unpaired) electrons. The molecule has 3 atom stereocenters. The summed E-state index contributed by atoms with van der Waals surface area (Å²) >= 11 is 0. The molecule has 0 bridgehead atoms. The van der Waals surface area contributed by atoms with Crippen LogP contribution in [0.3, 0.4) is 0 Å². The van der Waals surface area contributed by atoms with E-state index in [0.29, 0.717) is 18.8 Å². The Balaban J connectivity index is 1.83. The van der Waals surface area contributed by atoms with Crippen LogP contribution in [0, 0.1) is 0 Å². The van der Waals surface area contributed by atoms with Gasteiger partial charge in [-0.25, -0.2) is 0 Å². The summed E-state index contributed by atoms with van der Waals surface area (Å²) in [5.41, 5.74) is -0.115. The van der Waals surface area contributed by atoms with Crippen molar-refractivity contribution in [3.8, 4) is 0 Å². The number of ether oxygens (including phenoxy) is 3. The first kappa shape index (κ1) is 13.3. The molecule has 2 fully saturated rings. The maximum Gasteiger partial charge on any atom is 0.106 e. The van der Waals surface area contributed by atoms with Gasteiger partial charge in [-0.05, 0) is 12.8 Å². The molecule has 0 aromatic heterocycles. The highest BCUT2D eigenvalue weighted by molar-refractivity contribution is 4.90. The predicted molar refractivity (Wildman–Crippen MR) is 66.2 cm³/mol. The van der Waals surface area contributed by atoms with Gasteiger partial charge in [0.1, 0.15) is 5.60 Å². The van der Waals surface area contributed by atoms with E-state index in [9.17, 15) is 0 Å². The smallest absolute Gasteiger partial charge is 0.106 e. The van der Waals surface area contributed by atoms with Crippen molar-refractivity contribution in [3.63, 3.8) is 0 Å². The highest BCUT2D eigenvalue weighted by Crippen LogP contribution is 2.24. The van der Waals surface area contributed by atoms with Gasteiger partial charge in [-0.3, -0.25) is 0 Å². The zero-order valence-corrected chi connectivity index (χ0v) is 11.0. The van der Waals surface area contributed by atoms with E-state index < -0.39 is 0 Å². The van der Waals surface area contributed by atoms with Gasteiger partial charge in [-0.2, -0.15) is 0 Å². The quantitative estimate of drug-likeness (QED) is 0.791. The largest absolute Gasteiger partial charge is 0.380 e. The van der Waals surface area contributed by atoms with E-state index in [1.165, 1.54) is 25.7 Å². The molecule has 2 rings (SSSR count). The summed E-state index contributed by atoms with van der Waals surface area (Å²) < 4.78 is 16.6. The molecule has 1 aliphatic carbocycles. The number of hydrogen-bond acceptors (Lipinski definition) is 4. The van der Waals surface area contributed by atoms with Gasteiger partial charge < -0.3 is 19.5 Å². The average Bonchev–Trinajstić information content (AvgIpc) is 2.86. The van der Waals surface area contributed by atoms with Crippen LogP contribution >= 0.6 is 0 Å². The molecule has 1 aliphatic heterocycles. The van der Waals surface area contributed by atoms with Crippen LogP contribution in [0.1, 0.15) is 32.1 Å². The fourth-order valence-electron chi connectivity index (χ4n) is 2.89. The first-order valence-electron chi connectivity index (χ1n) is 6.69. The summed E-state index contributed by atoms with van der Waals surface area (Å²) in [6.07, 6.45) is 6.31. The second-order valence-corrected chi connectivity index (χ2v) is 5.24. The lowest BCUT2D eigenvalue weighted by molar-refractivity contribution is -0.0264. The molecular formula is C13H25NO3. The highest BCUT2D eigenvalue weighted by Gasteiger charge is 2.36. The summed E-state index contributed by atoms with van der Waals surface area (Å²) in [6, 6.07) is 0.473. The predicted octanol–water partition coefficient (Wildman–Crippen LogP) is 1.34. The second kappa shape index (κ2) is 6.14. The minimum absolute atomic E-state index is 0.115. The zero-order chi connectivity index (χ0) is 12.1. The topological polar surface area (TPSA) is 39.7 Å². The molecule has 1 heterocycles. The standard InChI is InChI=1S/C13H25NO3/c1-15-12-6-4-3-5-11(12)14-9-13(16-2)7-8-17-10-13/h11-12,14H,3-10H2,1-2H3. The monoisotopic (exact) mass is 243 g/mol. The van der Waals surface area contributed by atoms with Crippen molar-refractivity contribution in [3.05, 3.63) is 0 Å². The maximum absolute atomic E-state index is 5.63. The van der Waals surface area contributed by atoms with Crippen LogP contribution in [0.4, 0.5) is 0 Å². The first-order valence-corrected chi connectivity index (χ1v) is 6.69. The van der Waals surface area contributed by atoms with Gasteiger partial charge in [0.05, 0.1) is 12.7 Å².